The van der Waals surface area contributed by atoms with Gasteiger partial charge < -0.3 is 9.47 Å². The molecule has 5 nitrogen and oxygen atoms in total. The summed E-state index contributed by atoms with van der Waals surface area (Å²) in [7, 11) is -3.26. The number of carbonyl (C=O) groups is 1. The van der Waals surface area contributed by atoms with Crippen LogP contribution in [0.4, 0.5) is 0 Å². The molecule has 1 aliphatic heterocycles. The maximum Gasteiger partial charge on any atom is 0.307 e. The van der Waals surface area contributed by atoms with Crippen molar-refractivity contribution >= 4 is 15.8 Å². The zero-order valence-corrected chi connectivity index (χ0v) is 11.2. The van der Waals surface area contributed by atoms with Crippen molar-refractivity contribution in [2.45, 2.75) is 43.6 Å². The molecular weight excluding hydrogens is 244 g/mol. The Hall–Kier alpha value is -0.620. The van der Waals surface area contributed by atoms with Crippen molar-refractivity contribution in [1.82, 2.24) is 0 Å². The zero-order chi connectivity index (χ0) is 12.9. The predicted molar refractivity (Wildman–Crippen MR) is 63.5 cm³/mol. The highest BCUT2D eigenvalue weighted by molar-refractivity contribution is 7.92. The fraction of sp³-hybridized carbons (Fsp3) is 0.909. The van der Waals surface area contributed by atoms with Crippen LogP contribution < -0.4 is 0 Å². The number of esters is 1. The Bertz CT molecular complexity index is 343. The number of rotatable bonds is 5. The highest BCUT2D eigenvalue weighted by Crippen LogP contribution is 2.21. The first-order valence-corrected chi connectivity index (χ1v) is 7.55. The molecular formula is C11H20O5S. The standard InChI is InChI=1S/C11H20O5S/c1-3-16-11(12)8-9(2)17(13,14)10-4-6-15-7-5-10/h9-10H,3-8H2,1-2H3. The Balaban J connectivity index is 2.59. The van der Waals surface area contributed by atoms with Crippen molar-refractivity contribution in [1.29, 1.82) is 0 Å². The Morgan fingerprint density at radius 1 is 1.41 bits per heavy atom. The Morgan fingerprint density at radius 2 is 2.00 bits per heavy atom. The second kappa shape index (κ2) is 6.35. The monoisotopic (exact) mass is 264 g/mol. The fourth-order valence-corrected chi connectivity index (χ4v) is 3.78. The van der Waals surface area contributed by atoms with Gasteiger partial charge in [-0.05, 0) is 26.7 Å². The molecule has 0 radical (unpaired) electrons. The van der Waals surface area contributed by atoms with Gasteiger partial charge in [-0.3, -0.25) is 4.79 Å². The minimum atomic E-state index is -3.26. The Morgan fingerprint density at radius 3 is 2.53 bits per heavy atom. The second-order valence-corrected chi connectivity index (χ2v) is 6.87. The Labute approximate surface area is 102 Å². The molecule has 1 aliphatic rings. The van der Waals surface area contributed by atoms with E-state index in [2.05, 4.69) is 0 Å². The summed E-state index contributed by atoms with van der Waals surface area (Å²) in [5.41, 5.74) is 0. The summed E-state index contributed by atoms with van der Waals surface area (Å²) in [6.45, 7) is 4.52. The van der Waals surface area contributed by atoms with E-state index in [1.807, 2.05) is 0 Å². The van der Waals surface area contributed by atoms with Crippen LogP contribution in [0.15, 0.2) is 0 Å². The van der Waals surface area contributed by atoms with Gasteiger partial charge in [0.1, 0.15) is 0 Å². The molecule has 0 saturated carbocycles. The fourth-order valence-electron chi connectivity index (χ4n) is 1.90. The summed E-state index contributed by atoms with van der Waals surface area (Å²) in [4.78, 5) is 11.3. The van der Waals surface area contributed by atoms with Gasteiger partial charge in [0, 0.05) is 13.2 Å². The predicted octanol–water partition coefficient (Wildman–Crippen LogP) is 0.922. The molecule has 0 bridgehead atoms. The van der Waals surface area contributed by atoms with E-state index in [1.54, 1.807) is 13.8 Å². The third kappa shape index (κ3) is 3.96. The van der Waals surface area contributed by atoms with Gasteiger partial charge in [0.15, 0.2) is 9.84 Å². The summed E-state index contributed by atoms with van der Waals surface area (Å²) < 4.78 is 34.2. The average molecular weight is 264 g/mol. The van der Waals surface area contributed by atoms with Crippen molar-refractivity contribution in [2.75, 3.05) is 19.8 Å². The van der Waals surface area contributed by atoms with Crippen molar-refractivity contribution in [3.63, 3.8) is 0 Å². The molecule has 0 aliphatic carbocycles. The molecule has 100 valence electrons. The first-order chi connectivity index (χ1) is 7.98. The van der Waals surface area contributed by atoms with Crippen LogP contribution in [-0.2, 0) is 24.1 Å². The van der Waals surface area contributed by atoms with Crippen molar-refractivity contribution in [3.8, 4) is 0 Å². The van der Waals surface area contributed by atoms with Gasteiger partial charge in [0.2, 0.25) is 0 Å². The lowest BCUT2D eigenvalue weighted by Crippen LogP contribution is -2.36. The van der Waals surface area contributed by atoms with E-state index < -0.39 is 21.1 Å². The van der Waals surface area contributed by atoms with Crippen LogP contribution in [0, 0.1) is 0 Å². The lowest BCUT2D eigenvalue weighted by Gasteiger charge is -2.25. The second-order valence-electron chi connectivity index (χ2n) is 4.22. The molecule has 0 N–H and O–H groups in total. The van der Waals surface area contributed by atoms with Crippen LogP contribution in [-0.4, -0.2) is 44.7 Å². The smallest absolute Gasteiger partial charge is 0.307 e. The van der Waals surface area contributed by atoms with Crippen LogP contribution in [0.3, 0.4) is 0 Å². The number of hydrogen-bond donors (Lipinski definition) is 0. The van der Waals surface area contributed by atoms with E-state index in [1.165, 1.54) is 0 Å². The molecule has 1 rings (SSSR count). The summed E-state index contributed by atoms with van der Waals surface area (Å²) in [5.74, 6) is -0.448. The van der Waals surface area contributed by atoms with Gasteiger partial charge in [-0.25, -0.2) is 8.42 Å². The number of ether oxygens (including phenoxy) is 2. The molecule has 0 aromatic rings. The van der Waals surface area contributed by atoms with E-state index in [0.29, 0.717) is 26.1 Å². The Kier molecular flexibility index (Phi) is 5.39. The largest absolute Gasteiger partial charge is 0.466 e. The summed E-state index contributed by atoms with van der Waals surface area (Å²) in [6.07, 6.45) is 0.985. The van der Waals surface area contributed by atoms with E-state index in [4.69, 9.17) is 9.47 Å². The zero-order valence-electron chi connectivity index (χ0n) is 10.3. The van der Waals surface area contributed by atoms with Crippen LogP contribution in [0.2, 0.25) is 0 Å². The van der Waals surface area contributed by atoms with E-state index in [0.717, 1.165) is 0 Å². The number of carbonyl (C=O) groups excluding carboxylic acids is 1. The summed E-state index contributed by atoms with van der Waals surface area (Å²) in [6, 6.07) is 0. The van der Waals surface area contributed by atoms with Gasteiger partial charge in [-0.15, -0.1) is 0 Å². The van der Waals surface area contributed by atoms with E-state index in [9.17, 15) is 13.2 Å². The molecule has 1 fully saturated rings. The van der Waals surface area contributed by atoms with Crippen molar-refractivity contribution in [2.24, 2.45) is 0 Å². The quantitative estimate of drug-likeness (QED) is 0.691. The highest BCUT2D eigenvalue weighted by atomic mass is 32.2. The van der Waals surface area contributed by atoms with Crippen LogP contribution in [0.5, 0.6) is 0 Å². The average Bonchev–Trinajstić information content (AvgIpc) is 2.30. The number of sulfone groups is 1. The van der Waals surface area contributed by atoms with Crippen LogP contribution >= 0.6 is 0 Å². The van der Waals surface area contributed by atoms with Crippen molar-refractivity contribution < 1.29 is 22.7 Å². The third-order valence-corrected chi connectivity index (χ3v) is 5.64. The molecule has 0 aromatic carbocycles. The summed E-state index contributed by atoms with van der Waals surface area (Å²) in [5, 5.41) is -1.05. The normalized spacial score (nSPS) is 19.9. The first kappa shape index (κ1) is 14.4. The molecule has 1 heterocycles. The lowest BCUT2D eigenvalue weighted by atomic mass is 10.2. The molecule has 17 heavy (non-hydrogen) atoms. The SMILES string of the molecule is CCOC(=O)CC(C)S(=O)(=O)C1CCOCC1. The minimum Gasteiger partial charge on any atom is -0.466 e. The van der Waals surface area contributed by atoms with Gasteiger partial charge in [-0.1, -0.05) is 0 Å². The molecule has 0 spiro atoms. The van der Waals surface area contributed by atoms with Gasteiger partial charge in [0.25, 0.3) is 0 Å². The van der Waals surface area contributed by atoms with Gasteiger partial charge in [0.05, 0.1) is 23.5 Å². The first-order valence-electron chi connectivity index (χ1n) is 5.94. The molecule has 1 atom stereocenters. The van der Waals surface area contributed by atoms with Crippen LogP contribution in [0.1, 0.15) is 33.1 Å². The van der Waals surface area contributed by atoms with Gasteiger partial charge in [-0.2, -0.15) is 0 Å². The van der Waals surface area contributed by atoms with Crippen LogP contribution in [0.25, 0.3) is 0 Å². The highest BCUT2D eigenvalue weighted by Gasteiger charge is 2.33. The molecule has 1 unspecified atom stereocenters. The topological polar surface area (TPSA) is 69.7 Å². The van der Waals surface area contributed by atoms with Crippen molar-refractivity contribution in [3.05, 3.63) is 0 Å². The summed E-state index contributed by atoms with van der Waals surface area (Å²) >= 11 is 0. The molecule has 0 amide bonds. The number of hydrogen-bond acceptors (Lipinski definition) is 5. The molecule has 0 aromatic heterocycles. The minimum absolute atomic E-state index is 0.0620. The van der Waals surface area contributed by atoms with E-state index >= 15 is 0 Å². The lowest BCUT2D eigenvalue weighted by molar-refractivity contribution is -0.143. The van der Waals surface area contributed by atoms with E-state index in [-0.39, 0.29) is 18.3 Å². The molecule has 6 heteroatoms. The molecule has 1 saturated heterocycles. The third-order valence-electron chi connectivity index (χ3n) is 2.95. The maximum absolute atomic E-state index is 12.2. The van der Waals surface area contributed by atoms with Gasteiger partial charge >= 0.3 is 5.97 Å². The maximum atomic E-state index is 12.2.